The third-order valence-corrected chi connectivity index (χ3v) is 4.46. The zero-order chi connectivity index (χ0) is 18.4. The van der Waals surface area contributed by atoms with Crippen LogP contribution in [0, 0.1) is 11.7 Å². The summed E-state index contributed by atoms with van der Waals surface area (Å²) in [5.74, 6) is 0.540. The number of hydrogen-bond acceptors (Lipinski definition) is 3. The number of nitrogens with two attached hydrogens (primary N) is 1. The average Bonchev–Trinajstić information content (AvgIpc) is 2.55. The molecule has 1 unspecified atom stereocenters. The maximum Gasteiger partial charge on any atom is 0.217 e. The summed E-state index contributed by atoms with van der Waals surface area (Å²) in [5.41, 5.74) is 6.74. The molecule has 0 aliphatic carbocycles. The SMILES string of the molecule is CN=C(NCc1ccc(N(C)C)c(F)c1)N1CCCC(CC(N)=O)C1.I. The van der Waals surface area contributed by atoms with E-state index in [1.165, 1.54) is 0 Å². The molecule has 146 valence electrons. The van der Waals surface area contributed by atoms with Gasteiger partial charge >= 0.3 is 0 Å². The normalized spacial score (nSPS) is 17.5. The van der Waals surface area contributed by atoms with Crippen molar-refractivity contribution in [1.29, 1.82) is 0 Å². The highest BCUT2D eigenvalue weighted by Gasteiger charge is 2.23. The minimum atomic E-state index is -0.258. The van der Waals surface area contributed by atoms with Gasteiger partial charge in [-0.1, -0.05) is 6.07 Å². The van der Waals surface area contributed by atoms with Crippen LogP contribution in [0.3, 0.4) is 0 Å². The number of primary amides is 1. The summed E-state index contributed by atoms with van der Waals surface area (Å²) in [6, 6.07) is 5.23. The fourth-order valence-electron chi connectivity index (χ4n) is 3.25. The number of carbonyl (C=O) groups excluding carboxylic acids is 1. The van der Waals surface area contributed by atoms with Crippen LogP contribution >= 0.6 is 24.0 Å². The predicted molar refractivity (Wildman–Crippen MR) is 114 cm³/mol. The first-order valence-corrected chi connectivity index (χ1v) is 8.60. The molecule has 1 aliphatic heterocycles. The van der Waals surface area contributed by atoms with Crippen molar-refractivity contribution in [2.75, 3.05) is 39.1 Å². The van der Waals surface area contributed by atoms with Crippen molar-refractivity contribution in [2.45, 2.75) is 25.8 Å². The Hall–Kier alpha value is -1.58. The van der Waals surface area contributed by atoms with Crippen molar-refractivity contribution in [1.82, 2.24) is 10.2 Å². The number of anilines is 1. The number of likely N-dealkylation sites (tertiary alicyclic amines) is 1. The van der Waals surface area contributed by atoms with E-state index in [4.69, 9.17) is 5.73 Å². The van der Waals surface area contributed by atoms with E-state index in [0.717, 1.165) is 37.5 Å². The van der Waals surface area contributed by atoms with Gasteiger partial charge in [-0.05, 0) is 36.5 Å². The molecule has 1 aromatic carbocycles. The molecule has 0 bridgehead atoms. The average molecular weight is 477 g/mol. The van der Waals surface area contributed by atoms with Gasteiger partial charge in [-0.2, -0.15) is 0 Å². The lowest BCUT2D eigenvalue weighted by atomic mass is 9.95. The summed E-state index contributed by atoms with van der Waals surface area (Å²) in [6.45, 7) is 2.15. The molecule has 1 amide bonds. The molecule has 26 heavy (non-hydrogen) atoms. The number of carbonyl (C=O) groups is 1. The van der Waals surface area contributed by atoms with Crippen LogP contribution in [0.1, 0.15) is 24.8 Å². The molecule has 0 spiro atoms. The van der Waals surface area contributed by atoms with Gasteiger partial charge in [0.15, 0.2) is 5.96 Å². The number of rotatable bonds is 5. The third-order valence-electron chi connectivity index (χ3n) is 4.46. The summed E-state index contributed by atoms with van der Waals surface area (Å²) < 4.78 is 14.1. The van der Waals surface area contributed by atoms with Crippen LogP contribution in [-0.2, 0) is 11.3 Å². The van der Waals surface area contributed by atoms with E-state index in [0.29, 0.717) is 18.7 Å². The zero-order valence-electron chi connectivity index (χ0n) is 15.7. The van der Waals surface area contributed by atoms with Gasteiger partial charge in [0.2, 0.25) is 5.91 Å². The van der Waals surface area contributed by atoms with Gasteiger partial charge in [-0.25, -0.2) is 4.39 Å². The Morgan fingerprint density at radius 1 is 1.46 bits per heavy atom. The molecule has 1 saturated heterocycles. The fraction of sp³-hybridized carbons (Fsp3) is 0.556. The minimum Gasteiger partial charge on any atom is -0.375 e. The zero-order valence-corrected chi connectivity index (χ0v) is 18.0. The standard InChI is InChI=1S/C18H28FN5O.HI/c1-21-18(24-8-4-5-14(12-24)10-17(20)25)22-11-13-6-7-16(23(2)3)15(19)9-13;/h6-7,9,14H,4-5,8,10-12H2,1-3H3,(H2,20,25)(H,21,22);1H. The molecule has 1 aromatic rings. The van der Waals surface area contributed by atoms with E-state index < -0.39 is 0 Å². The van der Waals surface area contributed by atoms with Crippen molar-refractivity contribution < 1.29 is 9.18 Å². The quantitative estimate of drug-likeness (QED) is 0.388. The van der Waals surface area contributed by atoms with Crippen molar-refractivity contribution in [3.8, 4) is 0 Å². The molecule has 2 rings (SSSR count). The second-order valence-corrected chi connectivity index (χ2v) is 6.71. The number of piperidine rings is 1. The maximum absolute atomic E-state index is 14.1. The second-order valence-electron chi connectivity index (χ2n) is 6.71. The van der Waals surface area contributed by atoms with Crippen molar-refractivity contribution in [2.24, 2.45) is 16.6 Å². The van der Waals surface area contributed by atoms with E-state index in [-0.39, 0.29) is 41.6 Å². The molecule has 3 N–H and O–H groups in total. The van der Waals surface area contributed by atoms with E-state index in [2.05, 4.69) is 15.2 Å². The summed E-state index contributed by atoms with van der Waals surface area (Å²) >= 11 is 0. The molecule has 8 heteroatoms. The Balaban J connectivity index is 0.00000338. The molecular formula is C18H29FIN5O. The number of nitrogens with one attached hydrogen (secondary N) is 1. The second kappa shape index (κ2) is 10.5. The molecule has 0 radical (unpaired) electrons. The summed E-state index contributed by atoms with van der Waals surface area (Å²) in [7, 11) is 5.36. The first kappa shape index (κ1) is 22.5. The van der Waals surface area contributed by atoms with E-state index in [1.807, 2.05) is 20.2 Å². The predicted octanol–water partition coefficient (Wildman–Crippen LogP) is 2.17. The highest BCUT2D eigenvalue weighted by molar-refractivity contribution is 14.0. The highest BCUT2D eigenvalue weighted by Crippen LogP contribution is 2.20. The molecule has 1 atom stereocenters. The fourth-order valence-corrected chi connectivity index (χ4v) is 3.25. The van der Waals surface area contributed by atoms with Crippen molar-refractivity contribution in [3.63, 3.8) is 0 Å². The summed E-state index contributed by atoms with van der Waals surface area (Å²) in [6.07, 6.45) is 2.42. The van der Waals surface area contributed by atoms with E-state index >= 15 is 0 Å². The Bertz CT molecular complexity index is 638. The molecule has 1 fully saturated rings. The third kappa shape index (κ3) is 6.30. The van der Waals surface area contributed by atoms with Crippen LogP contribution in [0.15, 0.2) is 23.2 Å². The smallest absolute Gasteiger partial charge is 0.217 e. The van der Waals surface area contributed by atoms with Gasteiger partial charge < -0.3 is 20.9 Å². The topological polar surface area (TPSA) is 74.0 Å². The number of nitrogens with zero attached hydrogens (tertiary/aromatic N) is 3. The lowest BCUT2D eigenvalue weighted by Gasteiger charge is -2.34. The molecule has 0 saturated carbocycles. The van der Waals surface area contributed by atoms with Gasteiger partial charge in [-0.15, -0.1) is 24.0 Å². The van der Waals surface area contributed by atoms with Crippen LogP contribution < -0.4 is 16.0 Å². The minimum absolute atomic E-state index is 0. The van der Waals surface area contributed by atoms with Crippen molar-refractivity contribution in [3.05, 3.63) is 29.6 Å². The van der Waals surface area contributed by atoms with Gasteiger partial charge in [0.25, 0.3) is 0 Å². The highest BCUT2D eigenvalue weighted by atomic mass is 127. The summed E-state index contributed by atoms with van der Waals surface area (Å²) in [4.78, 5) is 19.4. The number of hydrogen-bond donors (Lipinski definition) is 2. The van der Waals surface area contributed by atoms with Crippen molar-refractivity contribution >= 4 is 41.5 Å². The van der Waals surface area contributed by atoms with Crippen LogP contribution in [0.5, 0.6) is 0 Å². The van der Waals surface area contributed by atoms with E-state index in [1.54, 1.807) is 24.1 Å². The lowest BCUT2D eigenvalue weighted by Crippen LogP contribution is -2.46. The van der Waals surface area contributed by atoms with Gasteiger partial charge in [0.1, 0.15) is 5.82 Å². The van der Waals surface area contributed by atoms with Crippen LogP contribution in [0.2, 0.25) is 0 Å². The van der Waals surface area contributed by atoms with Gasteiger partial charge in [0, 0.05) is 47.2 Å². The Morgan fingerprint density at radius 2 is 2.19 bits per heavy atom. The summed E-state index contributed by atoms with van der Waals surface area (Å²) in [5, 5.41) is 3.28. The lowest BCUT2D eigenvalue weighted by molar-refractivity contribution is -0.119. The van der Waals surface area contributed by atoms with Crippen LogP contribution in [0.4, 0.5) is 10.1 Å². The first-order valence-electron chi connectivity index (χ1n) is 8.60. The Morgan fingerprint density at radius 3 is 2.77 bits per heavy atom. The maximum atomic E-state index is 14.1. The Kier molecular flexibility index (Phi) is 9.11. The molecule has 6 nitrogen and oxygen atoms in total. The van der Waals surface area contributed by atoms with E-state index in [9.17, 15) is 9.18 Å². The molecule has 1 heterocycles. The number of amides is 1. The number of aliphatic imine (C=N–C) groups is 1. The number of halogens is 2. The van der Waals surface area contributed by atoms with Gasteiger partial charge in [-0.3, -0.25) is 9.79 Å². The molecule has 1 aliphatic rings. The van der Waals surface area contributed by atoms with Crippen LogP contribution in [-0.4, -0.2) is 51.0 Å². The first-order chi connectivity index (χ1) is 11.9. The molecular weight excluding hydrogens is 448 g/mol. The Labute approximate surface area is 172 Å². The van der Waals surface area contributed by atoms with Crippen LogP contribution in [0.25, 0.3) is 0 Å². The number of benzene rings is 1. The molecule has 0 aromatic heterocycles. The largest absolute Gasteiger partial charge is 0.375 e. The van der Waals surface area contributed by atoms with Gasteiger partial charge in [0.05, 0.1) is 5.69 Å². The monoisotopic (exact) mass is 477 g/mol. The number of guanidine groups is 1.